The van der Waals surface area contributed by atoms with E-state index >= 15 is 0 Å². The van der Waals surface area contributed by atoms with Crippen LogP contribution < -0.4 is 15.5 Å². The van der Waals surface area contributed by atoms with Gasteiger partial charge in [-0.3, -0.25) is 5.43 Å². The molecule has 2 N–H and O–H groups in total. The summed E-state index contributed by atoms with van der Waals surface area (Å²) in [6.07, 6.45) is 1.62. The summed E-state index contributed by atoms with van der Waals surface area (Å²) in [5.41, 5.74) is 4.13. The first-order valence-electron chi connectivity index (χ1n) is 6.27. The van der Waals surface area contributed by atoms with Crippen molar-refractivity contribution in [2.45, 2.75) is 0 Å². The van der Waals surface area contributed by atoms with Gasteiger partial charge in [-0.05, 0) is 60.2 Å². The topological polar surface area (TPSA) is 45.6 Å². The summed E-state index contributed by atoms with van der Waals surface area (Å²) in [6.45, 7) is 0. The number of ether oxygens (including phenoxy) is 1. The largest absolute Gasteiger partial charge is 0.497 e. The Balaban J connectivity index is 1.88. The number of rotatable bonds is 4. The van der Waals surface area contributed by atoms with Crippen LogP contribution in [-0.4, -0.2) is 18.4 Å². The van der Waals surface area contributed by atoms with Crippen molar-refractivity contribution < 1.29 is 9.13 Å². The number of methoxy groups -OCH3 is 1. The molecule has 2 aromatic rings. The third-order valence-corrected chi connectivity index (χ3v) is 3.16. The highest BCUT2D eigenvalue weighted by Crippen LogP contribution is 2.19. The lowest BCUT2D eigenvalue weighted by atomic mass is 10.2. The van der Waals surface area contributed by atoms with Crippen molar-refractivity contribution in [3.05, 3.63) is 58.9 Å². The molecule has 2 aromatic carbocycles. The Morgan fingerprint density at radius 2 is 2.00 bits per heavy atom. The molecule has 0 aromatic heterocycles. The highest BCUT2D eigenvalue weighted by molar-refractivity contribution is 7.80. The van der Waals surface area contributed by atoms with Crippen LogP contribution in [0, 0.1) is 5.82 Å². The minimum Gasteiger partial charge on any atom is -0.497 e. The van der Waals surface area contributed by atoms with E-state index in [0.717, 1.165) is 11.3 Å². The monoisotopic (exact) mass is 337 g/mol. The summed E-state index contributed by atoms with van der Waals surface area (Å²) in [7, 11) is 1.61. The number of halogens is 2. The Hall–Kier alpha value is -2.18. The van der Waals surface area contributed by atoms with Crippen LogP contribution in [0.4, 0.5) is 10.1 Å². The molecule has 0 atom stereocenters. The van der Waals surface area contributed by atoms with Crippen LogP contribution in [0.25, 0.3) is 0 Å². The van der Waals surface area contributed by atoms with Gasteiger partial charge in [0.15, 0.2) is 5.11 Å². The lowest BCUT2D eigenvalue weighted by Crippen LogP contribution is -2.23. The van der Waals surface area contributed by atoms with Gasteiger partial charge in [0.05, 0.1) is 18.3 Å². The van der Waals surface area contributed by atoms with Gasteiger partial charge in [-0.25, -0.2) is 4.39 Å². The van der Waals surface area contributed by atoms with E-state index < -0.39 is 5.82 Å². The Bertz CT molecular complexity index is 692. The molecule has 0 bridgehead atoms. The van der Waals surface area contributed by atoms with Crippen LogP contribution in [0.2, 0.25) is 5.02 Å². The second-order valence-corrected chi connectivity index (χ2v) is 5.04. The minimum atomic E-state index is -0.483. The molecule has 0 radical (unpaired) electrons. The fraction of sp³-hybridized carbons (Fsp3) is 0.0667. The van der Waals surface area contributed by atoms with E-state index in [2.05, 4.69) is 15.8 Å². The van der Waals surface area contributed by atoms with Gasteiger partial charge in [0.25, 0.3) is 0 Å². The second kappa shape index (κ2) is 7.72. The Morgan fingerprint density at radius 1 is 1.27 bits per heavy atom. The first-order valence-corrected chi connectivity index (χ1v) is 7.06. The van der Waals surface area contributed by atoms with Gasteiger partial charge in [0, 0.05) is 5.69 Å². The molecular weight excluding hydrogens is 325 g/mol. The minimum absolute atomic E-state index is 0.0227. The van der Waals surface area contributed by atoms with Crippen LogP contribution in [-0.2, 0) is 0 Å². The zero-order valence-electron chi connectivity index (χ0n) is 11.6. The summed E-state index contributed by atoms with van der Waals surface area (Å²) in [5, 5.41) is 7.15. The fourth-order valence-corrected chi connectivity index (χ4v) is 1.94. The number of hydrazone groups is 1. The summed E-state index contributed by atoms with van der Waals surface area (Å²) >= 11 is 10.8. The second-order valence-electron chi connectivity index (χ2n) is 4.23. The zero-order chi connectivity index (χ0) is 15.9. The van der Waals surface area contributed by atoms with Crippen LogP contribution >= 0.6 is 23.8 Å². The van der Waals surface area contributed by atoms with E-state index in [4.69, 9.17) is 28.6 Å². The number of benzene rings is 2. The molecule has 22 heavy (non-hydrogen) atoms. The summed E-state index contributed by atoms with van der Waals surface area (Å²) in [5.74, 6) is 0.291. The molecule has 0 aliphatic rings. The van der Waals surface area contributed by atoms with E-state index in [1.807, 2.05) is 24.3 Å². The van der Waals surface area contributed by atoms with Gasteiger partial charge < -0.3 is 10.1 Å². The molecule has 114 valence electrons. The number of hydrogen-bond acceptors (Lipinski definition) is 3. The quantitative estimate of drug-likeness (QED) is 0.506. The van der Waals surface area contributed by atoms with Crippen LogP contribution in [0.15, 0.2) is 47.6 Å². The van der Waals surface area contributed by atoms with E-state index in [-0.39, 0.29) is 10.1 Å². The van der Waals surface area contributed by atoms with E-state index in [0.29, 0.717) is 5.69 Å². The standard InChI is InChI=1S/C15H13ClFN3OS/c1-21-12-5-2-10(3-6-12)9-18-20-15(22)19-11-4-7-14(17)13(16)8-11/h2-9H,1H3,(H2,19,20,22)/b18-9+. The number of hydrogen-bond donors (Lipinski definition) is 2. The molecular formula is C15H13ClFN3OS. The van der Waals surface area contributed by atoms with Crippen LogP contribution in [0.3, 0.4) is 0 Å². The van der Waals surface area contributed by atoms with Gasteiger partial charge in [-0.1, -0.05) is 11.6 Å². The number of nitrogens with one attached hydrogen (secondary N) is 2. The van der Waals surface area contributed by atoms with E-state index in [9.17, 15) is 4.39 Å². The van der Waals surface area contributed by atoms with Gasteiger partial charge in [-0.2, -0.15) is 5.10 Å². The fourth-order valence-electron chi connectivity index (χ4n) is 1.59. The average molecular weight is 338 g/mol. The smallest absolute Gasteiger partial charge is 0.191 e. The molecule has 0 saturated heterocycles. The third-order valence-electron chi connectivity index (χ3n) is 2.67. The maximum atomic E-state index is 13.0. The van der Waals surface area contributed by atoms with E-state index in [1.54, 1.807) is 13.3 Å². The van der Waals surface area contributed by atoms with Crippen molar-refractivity contribution in [2.75, 3.05) is 12.4 Å². The van der Waals surface area contributed by atoms with Crippen molar-refractivity contribution in [3.8, 4) is 5.75 Å². The number of thiocarbonyl (C=S) groups is 1. The van der Waals surface area contributed by atoms with Crippen molar-refractivity contribution in [1.29, 1.82) is 0 Å². The predicted octanol–water partition coefficient (Wildman–Crippen LogP) is 3.81. The molecule has 0 aliphatic carbocycles. The van der Waals surface area contributed by atoms with Gasteiger partial charge in [0.1, 0.15) is 11.6 Å². The lowest BCUT2D eigenvalue weighted by Gasteiger charge is -2.07. The maximum absolute atomic E-state index is 13.0. The third kappa shape index (κ3) is 4.68. The maximum Gasteiger partial charge on any atom is 0.191 e. The first-order chi connectivity index (χ1) is 10.6. The predicted molar refractivity (Wildman–Crippen MR) is 91.4 cm³/mol. The molecule has 0 saturated carbocycles. The molecule has 2 rings (SSSR count). The molecule has 0 heterocycles. The summed E-state index contributed by atoms with van der Waals surface area (Å²) in [4.78, 5) is 0. The molecule has 0 amide bonds. The van der Waals surface area contributed by atoms with Crippen LogP contribution in [0.1, 0.15) is 5.56 Å². The van der Waals surface area contributed by atoms with Crippen molar-refractivity contribution in [1.82, 2.24) is 5.43 Å². The van der Waals surface area contributed by atoms with Gasteiger partial charge in [-0.15, -0.1) is 0 Å². The lowest BCUT2D eigenvalue weighted by molar-refractivity contribution is 0.415. The SMILES string of the molecule is COc1ccc(/C=N/NC(=S)Nc2ccc(F)c(Cl)c2)cc1. The number of nitrogens with zero attached hydrogens (tertiary/aromatic N) is 1. The molecule has 4 nitrogen and oxygen atoms in total. The zero-order valence-corrected chi connectivity index (χ0v) is 13.2. The van der Waals surface area contributed by atoms with Gasteiger partial charge >= 0.3 is 0 Å². The molecule has 0 unspecified atom stereocenters. The Kier molecular flexibility index (Phi) is 5.68. The Labute approximate surface area is 137 Å². The molecule has 0 aliphatic heterocycles. The normalized spacial score (nSPS) is 10.5. The number of anilines is 1. The highest BCUT2D eigenvalue weighted by Gasteiger charge is 2.02. The molecule has 0 fully saturated rings. The Morgan fingerprint density at radius 3 is 2.64 bits per heavy atom. The highest BCUT2D eigenvalue weighted by atomic mass is 35.5. The van der Waals surface area contributed by atoms with Crippen molar-refractivity contribution in [3.63, 3.8) is 0 Å². The first kappa shape index (κ1) is 16.2. The average Bonchev–Trinajstić information content (AvgIpc) is 2.51. The summed E-state index contributed by atoms with van der Waals surface area (Å²) < 4.78 is 18.1. The van der Waals surface area contributed by atoms with Gasteiger partial charge in [0.2, 0.25) is 0 Å². The van der Waals surface area contributed by atoms with Crippen molar-refractivity contribution in [2.24, 2.45) is 5.10 Å². The molecule has 7 heteroatoms. The van der Waals surface area contributed by atoms with Crippen LogP contribution in [0.5, 0.6) is 5.75 Å². The van der Waals surface area contributed by atoms with Crippen molar-refractivity contribution >= 4 is 40.8 Å². The molecule has 0 spiro atoms. The summed E-state index contributed by atoms with van der Waals surface area (Å²) in [6, 6.07) is 11.6. The van der Waals surface area contributed by atoms with E-state index in [1.165, 1.54) is 18.2 Å².